The molecule has 6 heteroatoms. The van der Waals surface area contributed by atoms with Gasteiger partial charge in [0.2, 0.25) is 0 Å². The summed E-state index contributed by atoms with van der Waals surface area (Å²) in [7, 11) is 0. The zero-order valence-corrected chi connectivity index (χ0v) is 14.6. The van der Waals surface area contributed by atoms with Gasteiger partial charge < -0.3 is 4.74 Å². The molecule has 0 amide bonds. The Morgan fingerprint density at radius 2 is 1.91 bits per heavy atom. The van der Waals surface area contributed by atoms with Crippen LogP contribution in [0.15, 0.2) is 11.7 Å². The SMILES string of the molecule is CC(CCCCOC(=O)c1sc(C(C)(C)C)nc1C)=C(F)F. The van der Waals surface area contributed by atoms with Crippen LogP contribution in [0.4, 0.5) is 8.78 Å². The molecular weight excluding hydrogens is 308 g/mol. The first-order chi connectivity index (χ1) is 10.1. The third kappa shape index (κ3) is 5.48. The quantitative estimate of drug-likeness (QED) is 0.528. The van der Waals surface area contributed by atoms with Crippen molar-refractivity contribution in [2.45, 2.75) is 59.3 Å². The van der Waals surface area contributed by atoms with Crippen molar-refractivity contribution in [2.24, 2.45) is 0 Å². The number of aryl methyl sites for hydroxylation is 1. The van der Waals surface area contributed by atoms with E-state index in [-0.39, 0.29) is 23.6 Å². The highest BCUT2D eigenvalue weighted by Gasteiger charge is 2.23. The molecule has 0 saturated carbocycles. The van der Waals surface area contributed by atoms with E-state index in [4.69, 9.17) is 4.74 Å². The summed E-state index contributed by atoms with van der Waals surface area (Å²) in [5.41, 5.74) is 0.673. The first-order valence-electron chi connectivity index (χ1n) is 7.28. The Morgan fingerprint density at radius 1 is 1.27 bits per heavy atom. The van der Waals surface area contributed by atoms with E-state index in [1.807, 2.05) is 20.8 Å². The molecule has 0 saturated heterocycles. The number of allylic oxidation sites excluding steroid dienone is 1. The predicted molar refractivity (Wildman–Crippen MR) is 84.6 cm³/mol. The van der Waals surface area contributed by atoms with Gasteiger partial charge in [-0.25, -0.2) is 9.78 Å². The fourth-order valence-corrected chi connectivity index (χ4v) is 2.74. The third-order valence-corrected chi connectivity index (χ3v) is 4.69. The lowest BCUT2D eigenvalue weighted by molar-refractivity contribution is 0.0503. The van der Waals surface area contributed by atoms with E-state index in [1.165, 1.54) is 18.3 Å². The zero-order valence-electron chi connectivity index (χ0n) is 13.8. The first kappa shape index (κ1) is 18.7. The molecule has 0 aliphatic carbocycles. The Kier molecular flexibility index (Phi) is 6.66. The van der Waals surface area contributed by atoms with Crippen molar-refractivity contribution in [3.8, 4) is 0 Å². The lowest BCUT2D eigenvalue weighted by atomic mass is 9.98. The molecule has 1 heterocycles. The number of halogens is 2. The van der Waals surface area contributed by atoms with Crippen LogP contribution in [-0.2, 0) is 10.2 Å². The smallest absolute Gasteiger partial charge is 0.350 e. The third-order valence-electron chi connectivity index (χ3n) is 3.13. The monoisotopic (exact) mass is 331 g/mol. The van der Waals surface area contributed by atoms with Gasteiger partial charge in [0.1, 0.15) is 4.88 Å². The molecule has 0 aromatic carbocycles. The minimum atomic E-state index is -1.62. The van der Waals surface area contributed by atoms with Crippen molar-refractivity contribution < 1.29 is 18.3 Å². The van der Waals surface area contributed by atoms with Crippen molar-refractivity contribution in [1.29, 1.82) is 0 Å². The van der Waals surface area contributed by atoms with E-state index in [0.29, 0.717) is 29.8 Å². The molecule has 0 radical (unpaired) electrons. The minimum Gasteiger partial charge on any atom is -0.461 e. The molecule has 124 valence electrons. The van der Waals surface area contributed by atoms with Crippen LogP contribution in [-0.4, -0.2) is 17.6 Å². The van der Waals surface area contributed by atoms with Crippen LogP contribution in [0.3, 0.4) is 0 Å². The Morgan fingerprint density at radius 3 is 2.41 bits per heavy atom. The number of carbonyl (C=O) groups excluding carboxylic acids is 1. The summed E-state index contributed by atoms with van der Waals surface area (Å²) in [6.07, 6.45) is -0.147. The Labute approximate surface area is 134 Å². The Bertz CT molecular complexity index is 555. The van der Waals surface area contributed by atoms with E-state index >= 15 is 0 Å². The molecule has 0 aliphatic heterocycles. The number of hydrogen-bond acceptors (Lipinski definition) is 4. The first-order valence-corrected chi connectivity index (χ1v) is 8.10. The van der Waals surface area contributed by atoms with Gasteiger partial charge in [-0.1, -0.05) is 20.8 Å². The lowest BCUT2D eigenvalue weighted by Crippen LogP contribution is -2.10. The van der Waals surface area contributed by atoms with E-state index in [1.54, 1.807) is 6.92 Å². The number of thiazole rings is 1. The van der Waals surface area contributed by atoms with E-state index in [2.05, 4.69) is 4.98 Å². The largest absolute Gasteiger partial charge is 0.461 e. The second-order valence-corrected chi connectivity index (χ2v) is 7.32. The molecule has 1 rings (SSSR count). The van der Waals surface area contributed by atoms with Crippen molar-refractivity contribution in [3.63, 3.8) is 0 Å². The van der Waals surface area contributed by atoms with E-state index in [0.717, 1.165) is 5.01 Å². The summed E-state index contributed by atoms with van der Waals surface area (Å²) in [6.45, 7) is 9.57. The van der Waals surface area contributed by atoms with Gasteiger partial charge in [0.05, 0.1) is 17.3 Å². The molecule has 1 aromatic rings. The minimum absolute atomic E-state index is 0.0967. The van der Waals surface area contributed by atoms with Crippen LogP contribution < -0.4 is 0 Å². The number of esters is 1. The van der Waals surface area contributed by atoms with Gasteiger partial charge in [-0.2, -0.15) is 8.78 Å². The molecular formula is C16H23F2NO2S. The molecule has 0 aliphatic rings. The number of hydrogen-bond donors (Lipinski definition) is 0. The maximum atomic E-state index is 12.2. The van der Waals surface area contributed by atoms with Crippen LogP contribution in [0.1, 0.15) is 67.3 Å². The van der Waals surface area contributed by atoms with Gasteiger partial charge in [0.25, 0.3) is 6.08 Å². The highest BCUT2D eigenvalue weighted by Crippen LogP contribution is 2.29. The summed E-state index contributed by atoms with van der Waals surface area (Å²) in [5, 5.41) is 0.899. The predicted octanol–water partition coefficient (Wildman–Crippen LogP) is 5.25. The van der Waals surface area contributed by atoms with Crippen molar-refractivity contribution in [2.75, 3.05) is 6.61 Å². The fourth-order valence-electron chi connectivity index (χ4n) is 1.72. The van der Waals surface area contributed by atoms with Crippen molar-refractivity contribution in [1.82, 2.24) is 4.98 Å². The number of carbonyl (C=O) groups is 1. The van der Waals surface area contributed by atoms with Gasteiger partial charge in [0, 0.05) is 5.41 Å². The normalized spacial score (nSPS) is 11.4. The molecule has 0 unspecified atom stereocenters. The van der Waals surface area contributed by atoms with Gasteiger partial charge in [-0.3, -0.25) is 0 Å². The van der Waals surface area contributed by atoms with Gasteiger partial charge in [-0.05, 0) is 38.7 Å². The fraction of sp³-hybridized carbons (Fsp3) is 0.625. The lowest BCUT2D eigenvalue weighted by Gasteiger charge is -2.13. The van der Waals surface area contributed by atoms with Gasteiger partial charge in [0.15, 0.2) is 0 Å². The Hall–Kier alpha value is -1.30. The van der Waals surface area contributed by atoms with Crippen LogP contribution in [0.2, 0.25) is 0 Å². The zero-order chi connectivity index (χ0) is 16.9. The molecule has 0 bridgehead atoms. The summed E-state index contributed by atoms with van der Waals surface area (Å²) in [5.74, 6) is -0.380. The second-order valence-electron chi connectivity index (χ2n) is 6.32. The standard InChI is InChI=1S/C16H23F2NO2S/c1-10(13(17)18)8-6-7-9-21-14(20)12-11(2)19-15(22-12)16(3,4)5/h6-9H2,1-5H3. The highest BCUT2D eigenvalue weighted by molar-refractivity contribution is 7.13. The average Bonchev–Trinajstić information content (AvgIpc) is 2.79. The van der Waals surface area contributed by atoms with Gasteiger partial charge in [-0.15, -0.1) is 11.3 Å². The maximum absolute atomic E-state index is 12.2. The Balaban J connectivity index is 2.47. The number of ether oxygens (including phenoxy) is 1. The molecule has 0 spiro atoms. The van der Waals surface area contributed by atoms with E-state index in [9.17, 15) is 13.6 Å². The molecule has 0 fully saturated rings. The molecule has 22 heavy (non-hydrogen) atoms. The number of nitrogens with zero attached hydrogens (tertiary/aromatic N) is 1. The molecule has 0 N–H and O–H groups in total. The maximum Gasteiger partial charge on any atom is 0.350 e. The van der Waals surface area contributed by atoms with Crippen LogP contribution in [0.5, 0.6) is 0 Å². The number of aromatic nitrogens is 1. The summed E-state index contributed by atoms with van der Waals surface area (Å²) in [4.78, 5) is 17.0. The second kappa shape index (κ2) is 7.81. The molecule has 3 nitrogen and oxygen atoms in total. The van der Waals surface area contributed by atoms with Crippen LogP contribution in [0.25, 0.3) is 0 Å². The molecule has 0 atom stereocenters. The summed E-state index contributed by atoms with van der Waals surface area (Å²) in [6, 6.07) is 0. The van der Waals surface area contributed by atoms with Crippen LogP contribution in [0, 0.1) is 6.92 Å². The highest BCUT2D eigenvalue weighted by atomic mass is 32.1. The van der Waals surface area contributed by atoms with Crippen molar-refractivity contribution >= 4 is 17.3 Å². The summed E-state index contributed by atoms with van der Waals surface area (Å²) < 4.78 is 29.6. The molecule has 1 aromatic heterocycles. The summed E-state index contributed by atoms with van der Waals surface area (Å²) >= 11 is 1.35. The van der Waals surface area contributed by atoms with Crippen LogP contribution >= 0.6 is 11.3 Å². The number of unbranched alkanes of at least 4 members (excludes halogenated alkanes) is 1. The topological polar surface area (TPSA) is 39.2 Å². The number of rotatable bonds is 6. The average molecular weight is 331 g/mol. The van der Waals surface area contributed by atoms with Gasteiger partial charge >= 0.3 is 5.97 Å². The van der Waals surface area contributed by atoms with Crippen molar-refractivity contribution in [3.05, 3.63) is 27.2 Å². The van der Waals surface area contributed by atoms with E-state index < -0.39 is 6.08 Å².